The maximum absolute atomic E-state index is 12.2. The number of hydrogen-bond acceptors (Lipinski definition) is 3. The monoisotopic (exact) mass is 178 g/mol. The molecule has 0 bridgehead atoms. The van der Waals surface area contributed by atoms with E-state index in [9.17, 15) is 8.78 Å². The molecule has 1 rings (SSSR count). The predicted molar refractivity (Wildman–Crippen MR) is 39.9 cm³/mol. The third kappa shape index (κ3) is 1.94. The lowest BCUT2D eigenvalue weighted by molar-refractivity contribution is 0.101. The molecule has 1 aromatic rings. The summed E-state index contributed by atoms with van der Waals surface area (Å²) >= 11 is 1.32. The second-order valence-corrected chi connectivity index (χ2v) is 2.73. The summed E-state index contributed by atoms with van der Waals surface area (Å²) in [5.41, 5.74) is 1.95. The molecule has 0 radical (unpaired) electrons. The van der Waals surface area contributed by atoms with Crippen LogP contribution < -0.4 is 5.32 Å². The minimum Gasteiger partial charge on any atom is -0.307 e. The molecule has 1 heterocycles. The summed E-state index contributed by atoms with van der Waals surface area (Å²) in [6.07, 6.45) is -2.40. The molecule has 1 atom stereocenters. The Morgan fingerprint density at radius 2 is 2.36 bits per heavy atom. The Balaban J connectivity index is 2.71. The maximum Gasteiger partial charge on any atom is 0.259 e. The SMILES string of the molecule is CNC(c1cscn1)C(F)F. The van der Waals surface area contributed by atoms with Gasteiger partial charge < -0.3 is 5.32 Å². The van der Waals surface area contributed by atoms with Gasteiger partial charge in [0.05, 0.1) is 11.2 Å². The van der Waals surface area contributed by atoms with E-state index in [1.165, 1.54) is 18.4 Å². The van der Waals surface area contributed by atoms with Gasteiger partial charge in [-0.25, -0.2) is 13.8 Å². The van der Waals surface area contributed by atoms with Crippen LogP contribution in [0, 0.1) is 0 Å². The van der Waals surface area contributed by atoms with Crippen molar-refractivity contribution in [1.82, 2.24) is 10.3 Å². The van der Waals surface area contributed by atoms with Crippen LogP contribution >= 0.6 is 11.3 Å². The molecule has 1 aromatic heterocycles. The van der Waals surface area contributed by atoms with Crippen LogP contribution in [0.1, 0.15) is 11.7 Å². The van der Waals surface area contributed by atoms with Crippen molar-refractivity contribution in [3.63, 3.8) is 0 Å². The van der Waals surface area contributed by atoms with Gasteiger partial charge in [0.1, 0.15) is 6.04 Å². The molecule has 62 valence electrons. The lowest BCUT2D eigenvalue weighted by Gasteiger charge is -2.11. The fourth-order valence-corrected chi connectivity index (χ4v) is 1.37. The Morgan fingerprint density at radius 3 is 2.73 bits per heavy atom. The van der Waals surface area contributed by atoms with Crippen molar-refractivity contribution in [1.29, 1.82) is 0 Å². The molecule has 5 heteroatoms. The van der Waals surface area contributed by atoms with Gasteiger partial charge in [0.2, 0.25) is 0 Å². The number of hydrogen-bond donors (Lipinski definition) is 1. The van der Waals surface area contributed by atoms with Gasteiger partial charge in [0.15, 0.2) is 0 Å². The average Bonchev–Trinajstić information content (AvgIpc) is 2.40. The fourth-order valence-electron chi connectivity index (χ4n) is 0.778. The van der Waals surface area contributed by atoms with Crippen LogP contribution in [-0.2, 0) is 0 Å². The highest BCUT2D eigenvalue weighted by Gasteiger charge is 2.21. The topological polar surface area (TPSA) is 24.9 Å². The van der Waals surface area contributed by atoms with Crippen LogP contribution in [0.15, 0.2) is 10.9 Å². The number of alkyl halides is 2. The highest BCUT2D eigenvalue weighted by atomic mass is 32.1. The minimum absolute atomic E-state index is 0.410. The minimum atomic E-state index is -2.40. The van der Waals surface area contributed by atoms with E-state index in [0.717, 1.165) is 0 Å². The number of rotatable bonds is 3. The lowest BCUT2D eigenvalue weighted by atomic mass is 10.2. The number of thiazole rings is 1. The average molecular weight is 178 g/mol. The molecular formula is C6H8F2N2S. The standard InChI is InChI=1S/C6H8F2N2S/c1-9-5(6(7)8)4-2-11-3-10-4/h2-3,5-6,9H,1H3. The molecule has 0 fully saturated rings. The van der Waals surface area contributed by atoms with Crippen molar-refractivity contribution >= 4 is 11.3 Å². The first-order valence-corrected chi connectivity index (χ1v) is 4.03. The maximum atomic E-state index is 12.2. The molecule has 0 aromatic carbocycles. The van der Waals surface area contributed by atoms with Crippen molar-refractivity contribution in [2.24, 2.45) is 0 Å². The van der Waals surface area contributed by atoms with E-state index in [4.69, 9.17) is 0 Å². The molecular weight excluding hydrogens is 170 g/mol. The van der Waals surface area contributed by atoms with Crippen LogP contribution in [0.2, 0.25) is 0 Å². The summed E-state index contributed by atoms with van der Waals surface area (Å²) in [4.78, 5) is 3.78. The van der Waals surface area contributed by atoms with Crippen LogP contribution in [0.25, 0.3) is 0 Å². The van der Waals surface area contributed by atoms with E-state index in [1.54, 1.807) is 10.9 Å². The molecule has 2 nitrogen and oxygen atoms in total. The summed E-state index contributed by atoms with van der Waals surface area (Å²) in [6.45, 7) is 0. The zero-order valence-corrected chi connectivity index (χ0v) is 6.74. The molecule has 0 aliphatic heterocycles. The van der Waals surface area contributed by atoms with E-state index < -0.39 is 12.5 Å². The second-order valence-electron chi connectivity index (χ2n) is 2.01. The molecule has 0 spiro atoms. The van der Waals surface area contributed by atoms with Gasteiger partial charge >= 0.3 is 0 Å². The van der Waals surface area contributed by atoms with Gasteiger partial charge in [-0.15, -0.1) is 11.3 Å². The van der Waals surface area contributed by atoms with Crippen molar-refractivity contribution in [2.45, 2.75) is 12.5 Å². The molecule has 0 aliphatic carbocycles. The highest BCUT2D eigenvalue weighted by molar-refractivity contribution is 7.07. The molecule has 1 unspecified atom stereocenters. The zero-order chi connectivity index (χ0) is 8.27. The van der Waals surface area contributed by atoms with Crippen LogP contribution in [0.4, 0.5) is 8.78 Å². The summed E-state index contributed by atoms with van der Waals surface area (Å²) < 4.78 is 24.3. The first-order chi connectivity index (χ1) is 5.25. The van der Waals surface area contributed by atoms with E-state index >= 15 is 0 Å². The number of nitrogens with zero attached hydrogens (tertiary/aromatic N) is 1. The van der Waals surface area contributed by atoms with E-state index in [-0.39, 0.29) is 0 Å². The number of aromatic nitrogens is 1. The Bertz CT molecular complexity index is 200. The van der Waals surface area contributed by atoms with E-state index in [1.807, 2.05) is 0 Å². The zero-order valence-electron chi connectivity index (χ0n) is 5.92. The summed E-state index contributed by atoms with van der Waals surface area (Å²) in [5.74, 6) is 0. The Kier molecular flexibility index (Phi) is 2.90. The van der Waals surface area contributed by atoms with Gasteiger partial charge in [-0.2, -0.15) is 0 Å². The molecule has 0 amide bonds. The Labute approximate surface area is 67.3 Å². The van der Waals surface area contributed by atoms with Gasteiger partial charge in [0.25, 0.3) is 6.43 Å². The predicted octanol–water partition coefficient (Wildman–Crippen LogP) is 1.67. The Morgan fingerprint density at radius 1 is 1.64 bits per heavy atom. The van der Waals surface area contributed by atoms with Crippen LogP contribution in [0.5, 0.6) is 0 Å². The molecule has 0 saturated heterocycles. The van der Waals surface area contributed by atoms with Crippen molar-refractivity contribution in [2.75, 3.05) is 7.05 Å². The highest BCUT2D eigenvalue weighted by Crippen LogP contribution is 2.19. The Hall–Kier alpha value is -0.550. The summed E-state index contributed by atoms with van der Waals surface area (Å²) in [5, 5.41) is 4.12. The summed E-state index contributed by atoms with van der Waals surface area (Å²) in [6, 6.07) is -0.929. The number of nitrogens with one attached hydrogen (secondary N) is 1. The largest absolute Gasteiger partial charge is 0.307 e. The third-order valence-electron chi connectivity index (χ3n) is 1.33. The smallest absolute Gasteiger partial charge is 0.259 e. The molecule has 1 N–H and O–H groups in total. The number of halogens is 2. The lowest BCUT2D eigenvalue weighted by Crippen LogP contribution is -2.23. The van der Waals surface area contributed by atoms with Gasteiger partial charge in [-0.1, -0.05) is 0 Å². The first kappa shape index (κ1) is 8.55. The second kappa shape index (κ2) is 3.73. The third-order valence-corrected chi connectivity index (χ3v) is 1.94. The molecule has 0 saturated carbocycles. The molecule has 11 heavy (non-hydrogen) atoms. The molecule has 0 aliphatic rings. The normalized spacial score (nSPS) is 13.8. The van der Waals surface area contributed by atoms with Crippen molar-refractivity contribution < 1.29 is 8.78 Å². The van der Waals surface area contributed by atoms with Gasteiger partial charge in [-0.05, 0) is 7.05 Å². The van der Waals surface area contributed by atoms with Crippen LogP contribution in [-0.4, -0.2) is 18.5 Å². The van der Waals surface area contributed by atoms with Crippen LogP contribution in [0.3, 0.4) is 0 Å². The fraction of sp³-hybridized carbons (Fsp3) is 0.500. The van der Waals surface area contributed by atoms with E-state index in [0.29, 0.717) is 5.69 Å². The first-order valence-electron chi connectivity index (χ1n) is 3.09. The summed E-state index contributed by atoms with van der Waals surface area (Å²) in [7, 11) is 1.50. The van der Waals surface area contributed by atoms with Gasteiger partial charge in [-0.3, -0.25) is 0 Å². The van der Waals surface area contributed by atoms with Crippen molar-refractivity contribution in [3.05, 3.63) is 16.6 Å². The van der Waals surface area contributed by atoms with Crippen molar-refractivity contribution in [3.8, 4) is 0 Å². The van der Waals surface area contributed by atoms with Gasteiger partial charge in [0, 0.05) is 5.38 Å². The quantitative estimate of drug-likeness (QED) is 0.761. The van der Waals surface area contributed by atoms with E-state index in [2.05, 4.69) is 10.3 Å².